The first kappa shape index (κ1) is 11.7. The van der Waals surface area contributed by atoms with Crippen LogP contribution in [0.15, 0.2) is 18.2 Å². The number of hydrogen-bond donors (Lipinski definition) is 1. The average molecular weight is 240 g/mol. The van der Waals surface area contributed by atoms with E-state index in [4.69, 9.17) is 22.1 Å². The van der Waals surface area contributed by atoms with Gasteiger partial charge in [0.05, 0.1) is 6.10 Å². The van der Waals surface area contributed by atoms with Gasteiger partial charge in [-0.1, -0.05) is 24.1 Å². The highest BCUT2D eigenvalue weighted by Gasteiger charge is 2.16. The Kier molecular flexibility index (Phi) is 4.08. The standard InChI is InChI=1S/C13H18ClNO/c14-12-7-4-8-13(11(12)9-15)16-10-5-2-1-3-6-10/h4,7-8,10H,1-3,5-6,9,15H2. The van der Waals surface area contributed by atoms with Crippen LogP contribution in [0, 0.1) is 0 Å². The van der Waals surface area contributed by atoms with E-state index in [1.165, 1.54) is 19.3 Å². The van der Waals surface area contributed by atoms with E-state index in [0.29, 0.717) is 17.7 Å². The summed E-state index contributed by atoms with van der Waals surface area (Å²) in [5, 5.41) is 0.704. The third-order valence-corrected chi connectivity index (χ3v) is 3.48. The van der Waals surface area contributed by atoms with Crippen LogP contribution < -0.4 is 10.5 Å². The summed E-state index contributed by atoms with van der Waals surface area (Å²) >= 11 is 6.09. The molecule has 3 heteroatoms. The molecule has 0 saturated heterocycles. The van der Waals surface area contributed by atoms with Crippen molar-refractivity contribution < 1.29 is 4.74 Å². The third kappa shape index (κ3) is 2.69. The molecule has 2 nitrogen and oxygen atoms in total. The zero-order valence-electron chi connectivity index (χ0n) is 9.42. The average Bonchev–Trinajstić information content (AvgIpc) is 2.31. The fourth-order valence-electron chi connectivity index (χ4n) is 2.21. The Hall–Kier alpha value is -0.730. The van der Waals surface area contributed by atoms with Crippen LogP contribution in [-0.2, 0) is 6.54 Å². The number of benzene rings is 1. The highest BCUT2D eigenvalue weighted by atomic mass is 35.5. The van der Waals surface area contributed by atoms with Crippen molar-refractivity contribution in [3.05, 3.63) is 28.8 Å². The summed E-state index contributed by atoms with van der Waals surface area (Å²) in [7, 11) is 0. The lowest BCUT2D eigenvalue weighted by molar-refractivity contribution is 0.153. The maximum absolute atomic E-state index is 6.09. The molecule has 0 atom stereocenters. The Morgan fingerprint density at radius 3 is 2.69 bits per heavy atom. The van der Waals surface area contributed by atoms with Gasteiger partial charge in [0.25, 0.3) is 0 Å². The lowest BCUT2D eigenvalue weighted by Crippen LogP contribution is -2.20. The Labute approximate surface area is 102 Å². The van der Waals surface area contributed by atoms with Crippen molar-refractivity contribution in [3.63, 3.8) is 0 Å². The monoisotopic (exact) mass is 239 g/mol. The Morgan fingerprint density at radius 2 is 2.00 bits per heavy atom. The van der Waals surface area contributed by atoms with Crippen LogP contribution in [0.1, 0.15) is 37.7 Å². The van der Waals surface area contributed by atoms with E-state index in [9.17, 15) is 0 Å². The molecule has 1 aliphatic rings. The predicted octanol–water partition coefficient (Wildman–Crippen LogP) is 3.51. The van der Waals surface area contributed by atoms with Crippen LogP contribution in [0.5, 0.6) is 5.75 Å². The molecule has 2 rings (SSSR count). The van der Waals surface area contributed by atoms with Gasteiger partial charge >= 0.3 is 0 Å². The lowest BCUT2D eigenvalue weighted by Gasteiger charge is -2.24. The number of rotatable bonds is 3. The van der Waals surface area contributed by atoms with Gasteiger partial charge in [-0.2, -0.15) is 0 Å². The molecule has 2 N–H and O–H groups in total. The first-order valence-electron chi connectivity index (χ1n) is 5.95. The number of nitrogens with two attached hydrogens (primary N) is 1. The fourth-order valence-corrected chi connectivity index (χ4v) is 2.45. The van der Waals surface area contributed by atoms with E-state index < -0.39 is 0 Å². The fraction of sp³-hybridized carbons (Fsp3) is 0.538. The number of ether oxygens (including phenoxy) is 1. The predicted molar refractivity (Wildman–Crippen MR) is 66.8 cm³/mol. The van der Waals surface area contributed by atoms with Crippen LogP contribution in [0.25, 0.3) is 0 Å². The summed E-state index contributed by atoms with van der Waals surface area (Å²) in [4.78, 5) is 0. The van der Waals surface area contributed by atoms with E-state index in [-0.39, 0.29) is 0 Å². The van der Waals surface area contributed by atoms with Gasteiger partial charge < -0.3 is 10.5 Å². The molecular formula is C13H18ClNO. The Morgan fingerprint density at radius 1 is 1.25 bits per heavy atom. The van der Waals surface area contributed by atoms with E-state index >= 15 is 0 Å². The highest BCUT2D eigenvalue weighted by molar-refractivity contribution is 6.31. The molecule has 0 aliphatic heterocycles. The zero-order chi connectivity index (χ0) is 11.4. The van der Waals surface area contributed by atoms with Crippen LogP contribution in [0.2, 0.25) is 5.02 Å². The van der Waals surface area contributed by atoms with E-state index in [2.05, 4.69) is 0 Å². The molecule has 1 aliphatic carbocycles. The molecule has 1 aromatic rings. The van der Waals surface area contributed by atoms with Crippen LogP contribution in [-0.4, -0.2) is 6.10 Å². The summed E-state index contributed by atoms with van der Waals surface area (Å²) in [5.41, 5.74) is 6.62. The molecule has 0 radical (unpaired) electrons. The van der Waals surface area contributed by atoms with Gasteiger partial charge in [0.1, 0.15) is 5.75 Å². The van der Waals surface area contributed by atoms with Crippen molar-refractivity contribution in [2.75, 3.05) is 0 Å². The van der Waals surface area contributed by atoms with Crippen molar-refractivity contribution >= 4 is 11.6 Å². The van der Waals surface area contributed by atoms with Crippen molar-refractivity contribution in [1.82, 2.24) is 0 Å². The first-order valence-corrected chi connectivity index (χ1v) is 6.33. The molecule has 16 heavy (non-hydrogen) atoms. The largest absolute Gasteiger partial charge is 0.490 e. The van der Waals surface area contributed by atoms with Gasteiger partial charge in [-0.3, -0.25) is 0 Å². The Balaban J connectivity index is 2.10. The van der Waals surface area contributed by atoms with Crippen molar-refractivity contribution in [1.29, 1.82) is 0 Å². The molecule has 1 aromatic carbocycles. The quantitative estimate of drug-likeness (QED) is 0.876. The topological polar surface area (TPSA) is 35.2 Å². The normalized spacial score (nSPS) is 17.4. The van der Waals surface area contributed by atoms with Crippen LogP contribution in [0.3, 0.4) is 0 Å². The highest BCUT2D eigenvalue weighted by Crippen LogP contribution is 2.29. The zero-order valence-corrected chi connectivity index (χ0v) is 10.2. The maximum atomic E-state index is 6.09. The molecule has 1 saturated carbocycles. The molecule has 0 spiro atoms. The van der Waals surface area contributed by atoms with E-state index in [1.807, 2.05) is 18.2 Å². The van der Waals surface area contributed by atoms with E-state index in [0.717, 1.165) is 24.2 Å². The second-order valence-electron chi connectivity index (χ2n) is 4.30. The second kappa shape index (κ2) is 5.55. The summed E-state index contributed by atoms with van der Waals surface area (Å²) in [6.07, 6.45) is 6.51. The molecule has 0 heterocycles. The summed E-state index contributed by atoms with van der Waals surface area (Å²) < 4.78 is 5.99. The second-order valence-corrected chi connectivity index (χ2v) is 4.71. The first-order chi connectivity index (χ1) is 7.81. The maximum Gasteiger partial charge on any atom is 0.125 e. The minimum Gasteiger partial charge on any atom is -0.490 e. The minimum atomic E-state index is 0.345. The van der Waals surface area contributed by atoms with Crippen molar-refractivity contribution in [3.8, 4) is 5.75 Å². The Bertz CT molecular complexity index is 348. The number of hydrogen-bond acceptors (Lipinski definition) is 2. The SMILES string of the molecule is NCc1c(Cl)cccc1OC1CCCCC1. The van der Waals surface area contributed by atoms with Crippen LogP contribution >= 0.6 is 11.6 Å². The van der Waals surface area contributed by atoms with Crippen molar-refractivity contribution in [2.45, 2.75) is 44.8 Å². The van der Waals surface area contributed by atoms with Gasteiger partial charge in [-0.15, -0.1) is 0 Å². The molecule has 0 bridgehead atoms. The molecule has 0 unspecified atom stereocenters. The van der Waals surface area contributed by atoms with Gasteiger partial charge in [0, 0.05) is 17.1 Å². The molecule has 88 valence electrons. The number of halogens is 1. The third-order valence-electron chi connectivity index (χ3n) is 3.13. The van der Waals surface area contributed by atoms with Gasteiger partial charge in [0.15, 0.2) is 0 Å². The molecular weight excluding hydrogens is 222 g/mol. The van der Waals surface area contributed by atoms with Gasteiger partial charge in [-0.25, -0.2) is 0 Å². The van der Waals surface area contributed by atoms with Gasteiger partial charge in [0.2, 0.25) is 0 Å². The summed E-state index contributed by atoms with van der Waals surface area (Å²) in [6, 6.07) is 5.74. The van der Waals surface area contributed by atoms with E-state index in [1.54, 1.807) is 0 Å². The summed E-state index contributed by atoms with van der Waals surface area (Å²) in [5.74, 6) is 0.863. The minimum absolute atomic E-state index is 0.345. The molecule has 0 aromatic heterocycles. The van der Waals surface area contributed by atoms with Crippen molar-refractivity contribution in [2.24, 2.45) is 5.73 Å². The molecule has 1 fully saturated rings. The smallest absolute Gasteiger partial charge is 0.125 e. The lowest BCUT2D eigenvalue weighted by atomic mass is 9.97. The van der Waals surface area contributed by atoms with Gasteiger partial charge in [-0.05, 0) is 37.8 Å². The van der Waals surface area contributed by atoms with Crippen LogP contribution in [0.4, 0.5) is 0 Å². The summed E-state index contributed by atoms with van der Waals surface area (Å²) in [6.45, 7) is 0.432. The molecule has 0 amide bonds.